The third-order valence-electron chi connectivity index (χ3n) is 8.88. The molecule has 0 fully saturated rings. The van der Waals surface area contributed by atoms with Gasteiger partial charge in [0.05, 0.1) is 0 Å². The van der Waals surface area contributed by atoms with E-state index in [0.717, 1.165) is 10.9 Å². The summed E-state index contributed by atoms with van der Waals surface area (Å²) in [6, 6.07) is 68.6. The fourth-order valence-corrected chi connectivity index (χ4v) is 11.8. The van der Waals surface area contributed by atoms with E-state index in [9.17, 15) is 0 Å². The summed E-state index contributed by atoms with van der Waals surface area (Å²) >= 11 is 0. The van der Waals surface area contributed by atoms with Gasteiger partial charge in [-0.3, -0.25) is 0 Å². The Hall–Kier alpha value is -5.30. The molecule has 48 heavy (non-hydrogen) atoms. The first-order valence-corrected chi connectivity index (χ1v) is 18.8. The van der Waals surface area contributed by atoms with Crippen LogP contribution in [-0.2, 0) is 0 Å². The smallest absolute Gasteiger partial charge is 0.0328 e. The second-order valence-corrected chi connectivity index (χ2v) is 16.1. The van der Waals surface area contributed by atoms with Crippen molar-refractivity contribution in [3.05, 3.63) is 194 Å². The molecule has 226 valence electrons. The molecule has 8 rings (SSSR count). The highest BCUT2D eigenvalue weighted by Gasteiger charge is 2.28. The monoisotopic (exact) mass is 646 g/mol. The topological polar surface area (TPSA) is 0 Å². The molecule has 0 bridgehead atoms. The lowest BCUT2D eigenvalue weighted by atomic mass is 9.92. The maximum Gasteiger partial charge on any atom is 0.0328 e. The highest BCUT2D eigenvalue weighted by atomic mass is 31.1. The van der Waals surface area contributed by atoms with Gasteiger partial charge in [0.2, 0.25) is 0 Å². The first kappa shape index (κ1) is 30.1. The van der Waals surface area contributed by atoms with Gasteiger partial charge in [0.15, 0.2) is 0 Å². The molecule has 0 N–H and O–H groups in total. The second kappa shape index (κ2) is 13.4. The third kappa shape index (κ3) is 5.53. The molecule has 2 heteroatoms. The summed E-state index contributed by atoms with van der Waals surface area (Å²) in [5, 5.41) is 12.7. The average molecular weight is 647 g/mol. The van der Waals surface area contributed by atoms with E-state index in [-0.39, 0.29) is 0 Å². The van der Waals surface area contributed by atoms with E-state index in [1.54, 1.807) is 0 Å². The van der Waals surface area contributed by atoms with Crippen LogP contribution in [0.5, 0.6) is 0 Å². The minimum absolute atomic E-state index is 0.904. The number of rotatable bonds is 7. The molecule has 8 aromatic rings. The van der Waals surface area contributed by atoms with E-state index in [4.69, 9.17) is 6.42 Å². The predicted octanol–water partition coefficient (Wildman–Crippen LogP) is 9.16. The minimum Gasteiger partial charge on any atom is -0.115 e. The van der Waals surface area contributed by atoms with Gasteiger partial charge in [-0.15, -0.1) is 6.42 Å². The molecule has 0 aromatic heterocycles. The highest BCUT2D eigenvalue weighted by molar-refractivity contribution is 7.80. The second-order valence-electron chi connectivity index (χ2n) is 11.7. The SMILES string of the molecule is C#Cc1cc(P(c2ccccc2)c2ccccc2)c(-c2c(P(c3ccccc3)c3ccccc3)ccc3ccccc23)c2ccccc12. The van der Waals surface area contributed by atoms with Crippen LogP contribution in [0.1, 0.15) is 5.56 Å². The van der Waals surface area contributed by atoms with Crippen LogP contribution in [0.4, 0.5) is 0 Å². The van der Waals surface area contributed by atoms with E-state index in [0.29, 0.717) is 0 Å². The molecule has 0 spiro atoms. The van der Waals surface area contributed by atoms with Crippen molar-refractivity contribution in [2.75, 3.05) is 0 Å². The van der Waals surface area contributed by atoms with E-state index in [1.165, 1.54) is 59.1 Å². The predicted molar refractivity (Wildman–Crippen MR) is 212 cm³/mol. The van der Waals surface area contributed by atoms with Crippen molar-refractivity contribution < 1.29 is 0 Å². The summed E-state index contributed by atoms with van der Waals surface area (Å²) in [5.41, 5.74) is 3.49. The summed E-state index contributed by atoms with van der Waals surface area (Å²) in [6.45, 7) is 0. The minimum atomic E-state index is -0.969. The quantitative estimate of drug-likeness (QED) is 0.120. The molecule has 8 aromatic carbocycles. The lowest BCUT2D eigenvalue weighted by Crippen LogP contribution is -2.26. The lowest BCUT2D eigenvalue weighted by Gasteiger charge is -2.29. The Labute approximate surface area is 285 Å². The van der Waals surface area contributed by atoms with Crippen LogP contribution in [0.25, 0.3) is 32.7 Å². The van der Waals surface area contributed by atoms with E-state index in [1.807, 2.05) is 0 Å². The van der Waals surface area contributed by atoms with Crippen molar-refractivity contribution in [3.63, 3.8) is 0 Å². The van der Waals surface area contributed by atoms with Crippen molar-refractivity contribution in [1.29, 1.82) is 0 Å². The first-order chi connectivity index (χ1) is 23.8. The molecule has 0 nitrogen and oxygen atoms in total. The molecule has 0 aliphatic heterocycles. The summed E-state index contributed by atoms with van der Waals surface area (Å²) in [4.78, 5) is 0. The molecule has 0 aliphatic rings. The lowest BCUT2D eigenvalue weighted by molar-refractivity contribution is 1.70. The van der Waals surface area contributed by atoms with Crippen molar-refractivity contribution in [2.24, 2.45) is 0 Å². The van der Waals surface area contributed by atoms with Gasteiger partial charge in [0.25, 0.3) is 0 Å². The van der Waals surface area contributed by atoms with E-state index >= 15 is 0 Å². The van der Waals surface area contributed by atoms with Gasteiger partial charge in [0, 0.05) is 5.56 Å². The van der Waals surface area contributed by atoms with Gasteiger partial charge in [0.1, 0.15) is 0 Å². The Morgan fingerprint density at radius 2 is 0.750 bits per heavy atom. The van der Waals surface area contributed by atoms with Gasteiger partial charge in [-0.2, -0.15) is 0 Å². The molecule has 0 amide bonds. The van der Waals surface area contributed by atoms with Gasteiger partial charge < -0.3 is 0 Å². The van der Waals surface area contributed by atoms with Crippen LogP contribution >= 0.6 is 15.8 Å². The number of hydrogen-bond donors (Lipinski definition) is 0. The average Bonchev–Trinajstić information content (AvgIpc) is 3.16. The van der Waals surface area contributed by atoms with Crippen LogP contribution in [0, 0.1) is 12.3 Å². The van der Waals surface area contributed by atoms with Gasteiger partial charge in [-0.25, -0.2) is 0 Å². The Kier molecular flexibility index (Phi) is 8.41. The zero-order valence-corrected chi connectivity index (χ0v) is 28.2. The third-order valence-corrected chi connectivity index (χ3v) is 13.8. The summed E-state index contributed by atoms with van der Waals surface area (Å²) in [5.74, 6) is 3.09. The van der Waals surface area contributed by atoms with Crippen LogP contribution in [0.3, 0.4) is 0 Å². The summed E-state index contributed by atoms with van der Waals surface area (Å²) in [6.07, 6.45) is 6.33. The van der Waals surface area contributed by atoms with Crippen molar-refractivity contribution in [2.45, 2.75) is 0 Å². The number of terminal acetylenes is 1. The Bertz CT molecular complexity index is 2320. The molecular weight excluding hydrogens is 614 g/mol. The maximum absolute atomic E-state index is 6.33. The molecular formula is C46H32P2. The molecule has 0 aliphatic carbocycles. The standard InChI is InChI=1S/C46H32P2/c1-2-34-33-44(48(38-24-11-5-12-25-38)39-26-13-6-14-27-39)46(42-30-18-17-28-40(34)42)45-41-29-16-15-19-35(41)31-32-43(45)47(36-20-7-3-8-21-36)37-22-9-4-10-23-37/h1,3-33H. The van der Waals surface area contributed by atoms with Crippen molar-refractivity contribution >= 4 is 69.2 Å². The highest BCUT2D eigenvalue weighted by Crippen LogP contribution is 2.46. The van der Waals surface area contributed by atoms with Gasteiger partial charge in [-0.1, -0.05) is 188 Å². The first-order valence-electron chi connectivity index (χ1n) is 16.2. The zero-order chi connectivity index (χ0) is 32.3. The molecule has 0 heterocycles. The molecule has 0 radical (unpaired) electrons. The largest absolute Gasteiger partial charge is 0.115 e. The fraction of sp³-hybridized carbons (Fsp3) is 0. The van der Waals surface area contributed by atoms with Crippen LogP contribution in [-0.4, -0.2) is 0 Å². The van der Waals surface area contributed by atoms with Crippen LogP contribution < -0.4 is 31.8 Å². The van der Waals surface area contributed by atoms with Crippen LogP contribution in [0.2, 0.25) is 0 Å². The zero-order valence-electron chi connectivity index (χ0n) is 26.4. The molecule has 0 saturated carbocycles. The molecule has 0 saturated heterocycles. The van der Waals surface area contributed by atoms with Gasteiger partial charge >= 0.3 is 0 Å². The normalized spacial score (nSPS) is 11.3. The molecule has 0 unspecified atom stereocenters. The van der Waals surface area contributed by atoms with Gasteiger partial charge in [-0.05, 0) is 86.4 Å². The van der Waals surface area contributed by atoms with Crippen molar-refractivity contribution in [1.82, 2.24) is 0 Å². The Morgan fingerprint density at radius 3 is 1.25 bits per heavy atom. The number of hydrogen-bond acceptors (Lipinski definition) is 0. The number of fused-ring (bicyclic) bond motifs is 2. The van der Waals surface area contributed by atoms with Crippen LogP contribution in [0.15, 0.2) is 188 Å². The number of benzene rings is 8. The van der Waals surface area contributed by atoms with E-state index in [2.05, 4.69) is 194 Å². The Balaban J connectivity index is 1.56. The van der Waals surface area contributed by atoms with Crippen molar-refractivity contribution in [3.8, 4) is 23.5 Å². The molecule has 0 atom stereocenters. The van der Waals surface area contributed by atoms with E-state index < -0.39 is 15.8 Å². The Morgan fingerprint density at radius 1 is 0.354 bits per heavy atom. The fourth-order valence-electron chi connectivity index (χ4n) is 6.79. The summed E-state index contributed by atoms with van der Waals surface area (Å²) in [7, 11) is -1.87. The maximum atomic E-state index is 6.33. The summed E-state index contributed by atoms with van der Waals surface area (Å²) < 4.78 is 0.